The molecule has 134 heavy (non-hydrogen) atoms. The number of hydrogen-bond donors (Lipinski definition) is 3. The van der Waals surface area contributed by atoms with Gasteiger partial charge in [-0.1, -0.05) is 321 Å². The molecular weight excluding hydrogens is 1850 g/mol. The normalized spacial score (nSPS) is 12.1. The van der Waals surface area contributed by atoms with Crippen molar-refractivity contribution in [1.82, 2.24) is 9.13 Å². The van der Waals surface area contributed by atoms with E-state index in [0.29, 0.717) is 0 Å². The summed E-state index contributed by atoms with van der Waals surface area (Å²) in [6.45, 7) is 13.6. The fourth-order valence-electron chi connectivity index (χ4n) is 18.7. The standard InChI is InChI=1S/C44H34N2.C23H16BrN.C21H19N.C18H14ClN.C12H11N.C6H4ClI/c1-28-12-22-42-38(24-28)39-27-34(19-23-43(39)46(42)35-20-15-29-8-4-5-9-31(29)25-35)45-33-17-13-30(14-18-33)32-16-21-37-36-10-6-7-11-40(36)44(2,3)41(37)26-32;1-15-6-10-22-20(12-15)21-14-18(24)8-11-23(21)25(22)19-9-7-16-4-2-3-5-17(16)13-19;1-21(2)19-6-4-3-5-17(19)18-12-9-15(13-20(18)21)14-7-10-16(22)11-8-14;19-15-11-13-18(14-12-15)20(16-7-3-1-4-8-16)17-9-5-2-6-10-17;1-3-7-11(8-4-1)13-12-9-5-2-6-10-12;7-5-1-3-6(8)4-2-5/h4-27,45H,1-3H3;2-14H,1H3;3-13H,22H2,1-2H3;1-14H;1-10,13H;1-4H. The van der Waals surface area contributed by atoms with Crippen molar-refractivity contribution < 1.29 is 0 Å². The Morgan fingerprint density at radius 2 is 0.627 bits per heavy atom. The third-order valence-electron chi connectivity index (χ3n) is 25.5. The molecule has 6 nitrogen and oxygen atoms in total. The Bertz CT molecular complexity index is 7820. The molecule has 0 atom stereocenters. The maximum Gasteiger partial charge on any atom is 0.0542 e. The number of benzene rings is 20. The summed E-state index contributed by atoms with van der Waals surface area (Å²) in [5, 5.41) is 18.7. The summed E-state index contributed by atoms with van der Waals surface area (Å²) in [6.07, 6.45) is 0. The fourth-order valence-corrected chi connectivity index (χ4v) is 19.7. The Kier molecular flexibility index (Phi) is 25.9. The van der Waals surface area contributed by atoms with E-state index in [9.17, 15) is 0 Å². The van der Waals surface area contributed by atoms with Crippen molar-refractivity contribution in [1.29, 1.82) is 0 Å². The topological polar surface area (TPSA) is 63.2 Å². The molecule has 0 aliphatic heterocycles. The van der Waals surface area contributed by atoms with Crippen LogP contribution in [0.2, 0.25) is 10.0 Å². The highest BCUT2D eigenvalue weighted by Crippen LogP contribution is 2.52. The van der Waals surface area contributed by atoms with E-state index in [2.05, 4.69) is 408 Å². The maximum atomic E-state index is 5.99. The van der Waals surface area contributed by atoms with E-state index >= 15 is 0 Å². The molecule has 4 N–H and O–H groups in total. The molecule has 2 aliphatic rings. The second-order valence-corrected chi connectivity index (χ2v) is 38.2. The summed E-state index contributed by atoms with van der Waals surface area (Å²) in [5.74, 6) is 0. The summed E-state index contributed by atoms with van der Waals surface area (Å²) in [6, 6.07) is 162. The Labute approximate surface area is 816 Å². The van der Waals surface area contributed by atoms with Crippen LogP contribution >= 0.6 is 61.7 Å². The highest BCUT2D eigenvalue weighted by Gasteiger charge is 2.37. The monoisotopic (exact) mass is 1950 g/mol. The van der Waals surface area contributed by atoms with Crippen LogP contribution in [0.5, 0.6) is 0 Å². The largest absolute Gasteiger partial charge is 0.399 e. The molecule has 2 aromatic heterocycles. The van der Waals surface area contributed by atoms with Crippen LogP contribution < -0.4 is 21.3 Å². The number of rotatable bonds is 11. The first-order valence-corrected chi connectivity index (χ1v) is 47.8. The summed E-state index contributed by atoms with van der Waals surface area (Å²) in [7, 11) is 0. The number of hydrogen-bond acceptors (Lipinski definition) is 4. The average molecular weight is 1950 g/mol. The third-order valence-corrected chi connectivity index (χ3v) is 27.2. The van der Waals surface area contributed by atoms with Gasteiger partial charge in [0.25, 0.3) is 0 Å². The first kappa shape index (κ1) is 88.8. The molecule has 20 aromatic carbocycles. The molecular formula is C124H98BrCl2IN6. The van der Waals surface area contributed by atoms with Gasteiger partial charge in [-0.2, -0.15) is 0 Å². The molecule has 2 aliphatic carbocycles. The fraction of sp³-hybridized carbons (Fsp3) is 0.0645. The maximum absolute atomic E-state index is 5.99. The molecule has 0 radical (unpaired) electrons. The van der Waals surface area contributed by atoms with Crippen LogP contribution in [0.3, 0.4) is 0 Å². The van der Waals surface area contributed by atoms with Gasteiger partial charge in [-0.15, -0.1) is 0 Å². The first-order chi connectivity index (χ1) is 65.3. The number of aromatic nitrogens is 2. The number of anilines is 8. The number of nitrogens with one attached hydrogen (secondary N) is 2. The molecule has 0 bridgehead atoms. The lowest BCUT2D eigenvalue weighted by Gasteiger charge is -2.25. The van der Waals surface area contributed by atoms with E-state index in [4.69, 9.17) is 28.9 Å². The Hall–Kier alpha value is -14.5. The van der Waals surface area contributed by atoms with Gasteiger partial charge in [-0.05, 0) is 343 Å². The predicted octanol–water partition coefficient (Wildman–Crippen LogP) is 36.4. The van der Waals surface area contributed by atoms with Crippen molar-refractivity contribution in [3.05, 3.63) is 513 Å². The van der Waals surface area contributed by atoms with Gasteiger partial charge >= 0.3 is 0 Å². The van der Waals surface area contributed by atoms with Gasteiger partial charge in [0.1, 0.15) is 0 Å². The van der Waals surface area contributed by atoms with Crippen LogP contribution in [0, 0.1) is 17.4 Å². The van der Waals surface area contributed by atoms with E-state index in [1.807, 2.05) is 158 Å². The number of aryl methyl sites for hydroxylation is 2. The van der Waals surface area contributed by atoms with Crippen LogP contribution in [-0.4, -0.2) is 9.13 Å². The van der Waals surface area contributed by atoms with Crippen molar-refractivity contribution in [2.45, 2.75) is 52.4 Å². The molecule has 0 spiro atoms. The summed E-state index contributed by atoms with van der Waals surface area (Å²) < 4.78 is 7.08. The smallest absolute Gasteiger partial charge is 0.0542 e. The van der Waals surface area contributed by atoms with Crippen molar-refractivity contribution in [3.8, 4) is 55.9 Å². The van der Waals surface area contributed by atoms with Crippen molar-refractivity contribution in [2.24, 2.45) is 0 Å². The van der Waals surface area contributed by atoms with Crippen LogP contribution in [0.1, 0.15) is 61.1 Å². The molecule has 0 fully saturated rings. The Balaban J connectivity index is 0.000000112. The molecule has 10 heteroatoms. The van der Waals surface area contributed by atoms with Gasteiger partial charge in [-0.25, -0.2) is 0 Å². The lowest BCUT2D eigenvalue weighted by molar-refractivity contribution is 0.660. The summed E-state index contributed by atoms with van der Waals surface area (Å²) >= 11 is 17.5. The average Bonchev–Trinajstić information content (AvgIpc) is 1.62. The molecule has 2 heterocycles. The summed E-state index contributed by atoms with van der Waals surface area (Å²) in [4.78, 5) is 2.20. The van der Waals surface area contributed by atoms with Gasteiger partial charge in [0.05, 0.1) is 22.1 Å². The van der Waals surface area contributed by atoms with Gasteiger partial charge in [0.15, 0.2) is 0 Å². The molecule has 22 aromatic rings. The highest BCUT2D eigenvalue weighted by molar-refractivity contribution is 14.1. The lowest BCUT2D eigenvalue weighted by atomic mass is 9.81. The van der Waals surface area contributed by atoms with Crippen LogP contribution in [0.15, 0.2) is 466 Å². The zero-order valence-electron chi connectivity index (χ0n) is 75.3. The predicted molar refractivity (Wildman–Crippen MR) is 587 cm³/mol. The SMILES string of the molecule is CC1(C)c2ccccc2-c2ccc(-c3ccc(N)cc3)cc21.Cc1ccc2c(c1)c1cc(Br)ccc1n2-c1ccc2ccccc2c1.Cc1ccc2c(c1)c1cc(Nc3ccc(-c4ccc5c(c4)C(C)(C)c4ccccc4-5)cc3)ccc1n2-c1ccc2ccccc2c1.Clc1ccc(I)cc1.Clc1ccc(N(c2ccccc2)c2ccccc2)cc1.c1ccc(Nc2ccccc2)cc1. The quantitative estimate of drug-likeness (QED) is 0.0892. The molecule has 0 amide bonds. The van der Waals surface area contributed by atoms with E-state index in [-0.39, 0.29) is 10.8 Å². The second kappa shape index (κ2) is 39.1. The van der Waals surface area contributed by atoms with Crippen molar-refractivity contribution >= 4 is 172 Å². The van der Waals surface area contributed by atoms with Gasteiger partial charge in [0, 0.05) is 107 Å². The number of fused-ring (bicyclic) bond motifs is 14. The van der Waals surface area contributed by atoms with E-state index in [1.54, 1.807) is 0 Å². The lowest BCUT2D eigenvalue weighted by Crippen LogP contribution is -2.14. The minimum absolute atomic E-state index is 0.00195. The number of halogens is 4. The zero-order chi connectivity index (χ0) is 92.0. The summed E-state index contributed by atoms with van der Waals surface area (Å²) in [5.41, 5.74) is 40.2. The first-order valence-electron chi connectivity index (χ1n) is 45.2. The molecule has 0 unspecified atom stereocenters. The van der Waals surface area contributed by atoms with Gasteiger partial charge in [-0.3, -0.25) is 0 Å². The van der Waals surface area contributed by atoms with E-state index in [1.165, 1.54) is 158 Å². The molecule has 24 rings (SSSR count). The number of nitrogens with two attached hydrogens (primary N) is 1. The minimum atomic E-state index is -0.00195. The van der Waals surface area contributed by atoms with Crippen LogP contribution in [0.4, 0.5) is 45.5 Å². The number of nitrogen functional groups attached to an aromatic ring is 1. The molecule has 652 valence electrons. The second-order valence-electron chi connectivity index (χ2n) is 35.1. The van der Waals surface area contributed by atoms with Crippen LogP contribution in [0.25, 0.3) is 121 Å². The van der Waals surface area contributed by atoms with Crippen molar-refractivity contribution in [2.75, 3.05) is 21.3 Å². The zero-order valence-corrected chi connectivity index (χ0v) is 80.6. The highest BCUT2D eigenvalue weighted by atomic mass is 127. The third kappa shape index (κ3) is 19.0. The molecule has 0 saturated carbocycles. The molecule has 0 saturated heterocycles. The van der Waals surface area contributed by atoms with Gasteiger partial charge < -0.3 is 30.4 Å². The number of nitrogens with zero attached hydrogens (tertiary/aromatic N) is 3. The van der Waals surface area contributed by atoms with Gasteiger partial charge in [0.2, 0.25) is 0 Å². The van der Waals surface area contributed by atoms with Crippen LogP contribution in [-0.2, 0) is 10.8 Å². The minimum Gasteiger partial charge on any atom is -0.399 e. The van der Waals surface area contributed by atoms with Crippen molar-refractivity contribution in [3.63, 3.8) is 0 Å². The number of para-hydroxylation sites is 4. The Morgan fingerprint density at radius 1 is 0.284 bits per heavy atom. The van der Waals surface area contributed by atoms with E-state index < -0.39 is 0 Å². The Morgan fingerprint density at radius 3 is 1.09 bits per heavy atom. The van der Waals surface area contributed by atoms with E-state index in [0.717, 1.165) is 60.0 Å².